The van der Waals surface area contributed by atoms with Crippen molar-refractivity contribution >= 4 is 22.4 Å². The molecule has 25 heavy (non-hydrogen) atoms. The number of rotatable bonds is 5. The van der Waals surface area contributed by atoms with E-state index in [0.29, 0.717) is 6.54 Å². The molecule has 0 unspecified atom stereocenters. The van der Waals surface area contributed by atoms with Crippen molar-refractivity contribution in [2.75, 3.05) is 19.0 Å². The molecule has 0 bridgehead atoms. The third kappa shape index (κ3) is 3.62. The molecule has 2 aromatic rings. The van der Waals surface area contributed by atoms with E-state index < -0.39 is 23.1 Å². The monoisotopic (exact) mass is 356 g/mol. The minimum Gasteiger partial charge on any atom is -0.495 e. The van der Waals surface area contributed by atoms with Gasteiger partial charge in [0.2, 0.25) is 0 Å². The molecule has 0 aliphatic carbocycles. The highest BCUT2D eigenvalue weighted by molar-refractivity contribution is 6.09. The minimum atomic E-state index is -4.66. The van der Waals surface area contributed by atoms with Crippen LogP contribution in [0.3, 0.4) is 0 Å². The zero-order valence-electron chi connectivity index (χ0n) is 14.3. The van der Waals surface area contributed by atoms with Crippen LogP contribution in [0.25, 0.3) is 10.9 Å². The van der Waals surface area contributed by atoms with E-state index in [0.717, 1.165) is 19.1 Å². The van der Waals surface area contributed by atoms with Crippen LogP contribution in [-0.2, 0) is 6.18 Å². The minimum absolute atomic E-state index is 0.0859. The fraction of sp³-hybridized carbons (Fsp3) is 0.412. The number of hydrogen-bond donors (Lipinski definition) is 2. The maximum atomic E-state index is 13.5. The first-order valence-corrected chi connectivity index (χ1v) is 7.66. The van der Waals surface area contributed by atoms with Crippen molar-refractivity contribution in [1.82, 2.24) is 4.98 Å². The number of hydrogen-bond acceptors (Lipinski definition) is 4. The molecule has 2 N–H and O–H groups in total. The topological polar surface area (TPSA) is 71.2 Å². The number of aromatic amines is 1. The fourth-order valence-electron chi connectivity index (χ4n) is 2.61. The molecule has 1 aromatic heterocycles. The summed E-state index contributed by atoms with van der Waals surface area (Å²) in [6.45, 7) is 5.17. The molecule has 136 valence electrons. The van der Waals surface area contributed by atoms with Gasteiger partial charge in [-0.25, -0.2) is 0 Å². The molecule has 0 spiro atoms. The number of aromatic nitrogens is 1. The summed E-state index contributed by atoms with van der Waals surface area (Å²) in [5, 5.41) is 2.57. The van der Waals surface area contributed by atoms with Gasteiger partial charge in [-0.3, -0.25) is 9.59 Å². The molecule has 0 fully saturated rings. The molecule has 0 atom stereocenters. The third-order valence-corrected chi connectivity index (χ3v) is 3.70. The number of fused-ring (bicyclic) bond motifs is 1. The van der Waals surface area contributed by atoms with Gasteiger partial charge in [-0.15, -0.1) is 0 Å². The normalized spacial score (nSPS) is 11.8. The number of carbonyl (C=O) groups is 1. The van der Waals surface area contributed by atoms with Crippen LogP contribution in [0.4, 0.5) is 18.9 Å². The number of benzene rings is 1. The molecular weight excluding hydrogens is 337 g/mol. The van der Waals surface area contributed by atoms with Crippen LogP contribution in [0.15, 0.2) is 16.9 Å². The quantitative estimate of drug-likeness (QED) is 0.799. The van der Waals surface area contributed by atoms with Gasteiger partial charge in [0.1, 0.15) is 11.3 Å². The first kappa shape index (κ1) is 18.8. The Hall–Kier alpha value is -2.51. The van der Waals surface area contributed by atoms with Crippen molar-refractivity contribution in [2.45, 2.75) is 26.9 Å². The lowest BCUT2D eigenvalue weighted by atomic mass is 10.00. The Morgan fingerprint density at radius 3 is 2.44 bits per heavy atom. The summed E-state index contributed by atoms with van der Waals surface area (Å²) in [5.41, 5.74) is -2.26. The van der Waals surface area contributed by atoms with Crippen molar-refractivity contribution < 1.29 is 22.7 Å². The summed E-state index contributed by atoms with van der Waals surface area (Å²) >= 11 is 0. The Morgan fingerprint density at radius 1 is 1.32 bits per heavy atom. The lowest BCUT2D eigenvalue weighted by molar-refractivity contribution is -0.136. The second-order valence-electron chi connectivity index (χ2n) is 6.10. The molecule has 1 heterocycles. The molecule has 0 aliphatic rings. The van der Waals surface area contributed by atoms with Gasteiger partial charge in [0, 0.05) is 11.9 Å². The number of Topliss-reactive ketones (excluding diaryl/α,β-unsaturated/α-hetero) is 1. The van der Waals surface area contributed by atoms with Crippen molar-refractivity contribution in [3.8, 4) is 5.75 Å². The molecule has 0 amide bonds. The van der Waals surface area contributed by atoms with Gasteiger partial charge >= 0.3 is 6.18 Å². The summed E-state index contributed by atoms with van der Waals surface area (Å²) < 4.78 is 45.6. The predicted molar refractivity (Wildman–Crippen MR) is 89.5 cm³/mol. The first-order chi connectivity index (χ1) is 11.6. The van der Waals surface area contributed by atoms with E-state index >= 15 is 0 Å². The van der Waals surface area contributed by atoms with Crippen LogP contribution in [0, 0.1) is 5.92 Å². The second-order valence-corrected chi connectivity index (χ2v) is 6.10. The predicted octanol–water partition coefficient (Wildman–Crippen LogP) is 3.83. The first-order valence-electron chi connectivity index (χ1n) is 7.66. The number of carbonyl (C=O) groups excluding carboxylic acids is 1. The van der Waals surface area contributed by atoms with Crippen LogP contribution < -0.4 is 15.6 Å². The summed E-state index contributed by atoms with van der Waals surface area (Å²) in [6, 6.07) is 2.02. The highest BCUT2D eigenvalue weighted by atomic mass is 19.4. The van der Waals surface area contributed by atoms with Crippen LogP contribution in [-0.4, -0.2) is 24.4 Å². The Morgan fingerprint density at radius 2 is 1.96 bits per heavy atom. The summed E-state index contributed by atoms with van der Waals surface area (Å²) in [7, 11) is 1.29. The van der Waals surface area contributed by atoms with Gasteiger partial charge in [0.05, 0.1) is 23.9 Å². The molecule has 0 saturated heterocycles. The third-order valence-electron chi connectivity index (χ3n) is 3.70. The summed E-state index contributed by atoms with van der Waals surface area (Å²) in [4.78, 5) is 26.6. The second kappa shape index (κ2) is 6.78. The Kier molecular flexibility index (Phi) is 5.10. The average Bonchev–Trinajstić information content (AvgIpc) is 2.49. The van der Waals surface area contributed by atoms with Gasteiger partial charge in [0.25, 0.3) is 5.56 Å². The van der Waals surface area contributed by atoms with E-state index in [-0.39, 0.29) is 33.8 Å². The van der Waals surface area contributed by atoms with E-state index in [1.807, 2.05) is 13.8 Å². The lowest BCUT2D eigenvalue weighted by Crippen LogP contribution is -2.23. The molecule has 0 aliphatic heterocycles. The number of H-pyrrole nitrogens is 1. The molecule has 0 saturated carbocycles. The Balaban J connectivity index is 3.00. The molecule has 5 nitrogen and oxygen atoms in total. The van der Waals surface area contributed by atoms with Crippen molar-refractivity contribution in [1.29, 1.82) is 0 Å². The summed E-state index contributed by atoms with van der Waals surface area (Å²) in [5.74, 6) is -0.442. The van der Waals surface area contributed by atoms with Crippen molar-refractivity contribution in [2.24, 2.45) is 5.92 Å². The van der Waals surface area contributed by atoms with Crippen LogP contribution >= 0.6 is 0 Å². The van der Waals surface area contributed by atoms with Crippen molar-refractivity contribution in [3.05, 3.63) is 33.6 Å². The maximum Gasteiger partial charge on any atom is 0.417 e. The number of halogens is 3. The highest BCUT2D eigenvalue weighted by Gasteiger charge is 2.35. The smallest absolute Gasteiger partial charge is 0.417 e. The summed E-state index contributed by atoms with van der Waals surface area (Å²) in [6.07, 6.45) is -4.66. The molecule has 1 aromatic carbocycles. The van der Waals surface area contributed by atoms with E-state index in [2.05, 4.69) is 10.3 Å². The standard InChI is InChI=1S/C17H19F3N2O3/c1-8(2)7-21-15-12(9(3)23)16(24)22-14-11(25-4)6-5-10(13(14)15)17(18,19)20/h5-6,8H,7H2,1-4H3,(H2,21,22,24). The number of anilines is 1. The molecule has 0 radical (unpaired) electrons. The van der Waals surface area contributed by atoms with Crippen LogP contribution in [0.1, 0.15) is 36.7 Å². The van der Waals surface area contributed by atoms with Crippen LogP contribution in [0.2, 0.25) is 0 Å². The van der Waals surface area contributed by atoms with Gasteiger partial charge in [-0.05, 0) is 25.0 Å². The number of nitrogens with one attached hydrogen (secondary N) is 2. The molecule has 2 rings (SSSR count). The van der Waals surface area contributed by atoms with E-state index in [9.17, 15) is 22.8 Å². The van der Waals surface area contributed by atoms with E-state index in [4.69, 9.17) is 4.74 Å². The Bertz CT molecular complexity index is 870. The number of ketones is 1. The Labute approximate surface area is 142 Å². The van der Waals surface area contributed by atoms with E-state index in [1.54, 1.807) is 0 Å². The molecular formula is C17H19F3N2O3. The van der Waals surface area contributed by atoms with Gasteiger partial charge < -0.3 is 15.0 Å². The van der Waals surface area contributed by atoms with Crippen molar-refractivity contribution in [3.63, 3.8) is 0 Å². The zero-order chi connectivity index (χ0) is 18.9. The number of ether oxygens (including phenoxy) is 1. The maximum absolute atomic E-state index is 13.5. The molecule has 8 heteroatoms. The van der Waals surface area contributed by atoms with Gasteiger partial charge in [0.15, 0.2) is 5.78 Å². The van der Waals surface area contributed by atoms with E-state index in [1.165, 1.54) is 7.11 Å². The SMILES string of the molecule is COc1ccc(C(F)(F)F)c2c(NCC(C)C)c(C(C)=O)c(=O)[nH]c12. The fourth-order valence-corrected chi connectivity index (χ4v) is 2.61. The largest absolute Gasteiger partial charge is 0.495 e. The zero-order valence-corrected chi connectivity index (χ0v) is 14.3. The number of alkyl halides is 3. The number of pyridine rings is 1. The van der Waals surface area contributed by atoms with Crippen LogP contribution in [0.5, 0.6) is 5.75 Å². The average molecular weight is 356 g/mol. The van der Waals surface area contributed by atoms with Gasteiger partial charge in [-0.2, -0.15) is 13.2 Å². The lowest BCUT2D eigenvalue weighted by Gasteiger charge is -2.19. The number of methoxy groups -OCH3 is 1. The van der Waals surface area contributed by atoms with Gasteiger partial charge in [-0.1, -0.05) is 13.8 Å². The highest BCUT2D eigenvalue weighted by Crippen LogP contribution is 2.41.